The molecule has 2 aromatic rings. The molecule has 1 saturated carbocycles. The molecule has 0 radical (unpaired) electrons. The molecule has 2 aliphatic rings. The van der Waals surface area contributed by atoms with Crippen molar-refractivity contribution < 1.29 is 28.2 Å². The number of nitrogens with zero attached hydrogens (tertiary/aromatic N) is 4. The molecule has 4 rings (SSSR count). The number of amides is 1. The summed E-state index contributed by atoms with van der Waals surface area (Å²) in [5.74, 6) is -0.996. The zero-order valence-electron chi connectivity index (χ0n) is 16.5. The van der Waals surface area contributed by atoms with Crippen LogP contribution in [0.4, 0.5) is 19.0 Å². The molecule has 0 spiro atoms. The third-order valence-electron chi connectivity index (χ3n) is 5.86. The van der Waals surface area contributed by atoms with Crippen LogP contribution in [0.5, 0.6) is 0 Å². The summed E-state index contributed by atoms with van der Waals surface area (Å²) in [6, 6.07) is 0.112. The Morgan fingerprint density at radius 2 is 2.03 bits per heavy atom. The molecule has 1 atom stereocenters. The Bertz CT molecular complexity index is 1050. The minimum Gasteiger partial charge on any atom is -0.393 e. The molecule has 0 saturated heterocycles. The molecular weight excluding hydrogens is 415 g/mol. The maximum absolute atomic E-state index is 13.6. The molecule has 0 aromatic carbocycles. The van der Waals surface area contributed by atoms with Crippen molar-refractivity contribution in [1.82, 2.24) is 14.8 Å². The molecule has 3 heterocycles. The van der Waals surface area contributed by atoms with Gasteiger partial charge in [-0.15, -0.1) is 0 Å². The first kappa shape index (κ1) is 21.3. The standard InChI is InChI=1S/C20H22F3N5O3/c21-20(22,23)16-3-1-2-15(18(24)30)28(16)17-8-12-10-27(26-14(12)9-25-17)13-4-6-19(31,11-29)7-5-13/h1-3,8-10,13,15,29,31H,4-7,11H2,(H2,24,30). The number of aromatic nitrogens is 3. The lowest BCUT2D eigenvalue weighted by molar-refractivity contribution is -0.119. The summed E-state index contributed by atoms with van der Waals surface area (Å²) in [5.41, 5.74) is 3.72. The lowest BCUT2D eigenvalue weighted by Gasteiger charge is -2.34. The van der Waals surface area contributed by atoms with E-state index in [0.717, 1.165) is 17.1 Å². The first-order valence-corrected chi connectivity index (χ1v) is 9.84. The van der Waals surface area contributed by atoms with E-state index >= 15 is 0 Å². The molecule has 1 unspecified atom stereocenters. The van der Waals surface area contributed by atoms with E-state index in [1.54, 1.807) is 10.9 Å². The second-order valence-electron chi connectivity index (χ2n) is 7.98. The number of primary amides is 1. The fourth-order valence-electron chi connectivity index (χ4n) is 4.10. The fraction of sp³-hybridized carbons (Fsp3) is 0.450. The van der Waals surface area contributed by atoms with Gasteiger partial charge in [0.15, 0.2) is 0 Å². The molecular formula is C20H22F3N5O3. The maximum atomic E-state index is 13.6. The second kappa shape index (κ2) is 7.65. The van der Waals surface area contributed by atoms with Crippen LogP contribution in [0.1, 0.15) is 31.7 Å². The number of hydrogen-bond donors (Lipinski definition) is 3. The van der Waals surface area contributed by atoms with Crippen LogP contribution in [-0.4, -0.2) is 55.3 Å². The van der Waals surface area contributed by atoms with Crippen LogP contribution in [0.25, 0.3) is 10.9 Å². The zero-order valence-corrected chi connectivity index (χ0v) is 16.5. The minimum absolute atomic E-state index is 0.00963. The van der Waals surface area contributed by atoms with Crippen molar-refractivity contribution in [2.24, 2.45) is 5.73 Å². The maximum Gasteiger partial charge on any atom is 0.431 e. The van der Waals surface area contributed by atoms with Crippen LogP contribution in [0.2, 0.25) is 0 Å². The van der Waals surface area contributed by atoms with Gasteiger partial charge in [0.2, 0.25) is 5.91 Å². The van der Waals surface area contributed by atoms with Crippen molar-refractivity contribution in [3.05, 3.63) is 42.4 Å². The van der Waals surface area contributed by atoms with Gasteiger partial charge >= 0.3 is 6.18 Å². The van der Waals surface area contributed by atoms with Gasteiger partial charge in [0.1, 0.15) is 23.1 Å². The Labute approximate surface area is 175 Å². The first-order valence-electron chi connectivity index (χ1n) is 9.84. The van der Waals surface area contributed by atoms with Crippen LogP contribution in [-0.2, 0) is 4.79 Å². The molecule has 0 bridgehead atoms. The van der Waals surface area contributed by atoms with Gasteiger partial charge in [0, 0.05) is 11.6 Å². The molecule has 1 fully saturated rings. The number of allylic oxidation sites excluding steroid dienone is 3. The van der Waals surface area contributed by atoms with Gasteiger partial charge in [0.05, 0.1) is 24.4 Å². The smallest absolute Gasteiger partial charge is 0.393 e. The molecule has 4 N–H and O–H groups in total. The van der Waals surface area contributed by atoms with E-state index in [1.807, 2.05) is 0 Å². The van der Waals surface area contributed by atoms with Crippen LogP contribution < -0.4 is 10.6 Å². The topological polar surface area (TPSA) is 118 Å². The first-order chi connectivity index (χ1) is 14.6. The van der Waals surface area contributed by atoms with Gasteiger partial charge in [-0.25, -0.2) is 4.98 Å². The normalized spacial score (nSPS) is 26.9. The van der Waals surface area contributed by atoms with Crippen LogP contribution in [0.3, 0.4) is 0 Å². The zero-order chi connectivity index (χ0) is 22.4. The molecule has 2 aromatic heterocycles. The van der Waals surface area contributed by atoms with Gasteiger partial charge in [-0.3, -0.25) is 9.48 Å². The number of aliphatic hydroxyl groups is 2. The van der Waals surface area contributed by atoms with Crippen molar-refractivity contribution in [2.45, 2.75) is 49.5 Å². The monoisotopic (exact) mass is 437 g/mol. The highest BCUT2D eigenvalue weighted by Crippen LogP contribution is 2.37. The number of anilines is 1. The van der Waals surface area contributed by atoms with E-state index in [1.165, 1.54) is 18.3 Å². The van der Waals surface area contributed by atoms with E-state index in [-0.39, 0.29) is 18.5 Å². The van der Waals surface area contributed by atoms with Crippen LogP contribution in [0, 0.1) is 0 Å². The number of aliphatic hydroxyl groups excluding tert-OH is 1. The minimum atomic E-state index is -4.70. The third-order valence-corrected chi connectivity index (χ3v) is 5.86. The van der Waals surface area contributed by atoms with Crippen LogP contribution in [0.15, 0.2) is 42.4 Å². The summed E-state index contributed by atoms with van der Waals surface area (Å²) in [6.07, 6.45) is 3.74. The molecule has 11 heteroatoms. The molecule has 1 aliphatic heterocycles. The second-order valence-corrected chi connectivity index (χ2v) is 7.98. The highest BCUT2D eigenvalue weighted by Gasteiger charge is 2.43. The number of carbonyl (C=O) groups excluding carboxylic acids is 1. The number of nitrogens with two attached hydrogens (primary N) is 1. The number of carbonyl (C=O) groups is 1. The average molecular weight is 437 g/mol. The summed E-state index contributed by atoms with van der Waals surface area (Å²) in [7, 11) is 0. The summed E-state index contributed by atoms with van der Waals surface area (Å²) in [6.45, 7) is -0.297. The lowest BCUT2D eigenvalue weighted by Crippen LogP contribution is -2.47. The molecule has 1 amide bonds. The van der Waals surface area contributed by atoms with Crippen molar-refractivity contribution in [3.63, 3.8) is 0 Å². The Kier molecular flexibility index (Phi) is 5.26. The predicted octanol–water partition coefficient (Wildman–Crippen LogP) is 1.95. The summed E-state index contributed by atoms with van der Waals surface area (Å²) < 4.78 is 42.5. The number of fused-ring (bicyclic) bond motifs is 1. The molecule has 31 heavy (non-hydrogen) atoms. The van der Waals surface area contributed by atoms with E-state index in [9.17, 15) is 28.2 Å². The summed E-state index contributed by atoms with van der Waals surface area (Å²) >= 11 is 0. The van der Waals surface area contributed by atoms with Gasteiger partial charge < -0.3 is 20.8 Å². The van der Waals surface area contributed by atoms with E-state index in [4.69, 9.17) is 5.73 Å². The highest BCUT2D eigenvalue weighted by molar-refractivity contribution is 5.89. The Morgan fingerprint density at radius 1 is 1.32 bits per heavy atom. The van der Waals surface area contributed by atoms with Gasteiger partial charge in [-0.1, -0.05) is 12.2 Å². The van der Waals surface area contributed by atoms with Crippen molar-refractivity contribution in [3.8, 4) is 0 Å². The fourth-order valence-corrected chi connectivity index (χ4v) is 4.10. The van der Waals surface area contributed by atoms with E-state index in [2.05, 4.69) is 10.1 Å². The van der Waals surface area contributed by atoms with Crippen molar-refractivity contribution in [1.29, 1.82) is 0 Å². The molecule has 8 nitrogen and oxygen atoms in total. The number of hydrogen-bond acceptors (Lipinski definition) is 6. The predicted molar refractivity (Wildman–Crippen MR) is 106 cm³/mol. The largest absolute Gasteiger partial charge is 0.431 e. The summed E-state index contributed by atoms with van der Waals surface area (Å²) in [5, 5.41) is 24.5. The Morgan fingerprint density at radius 3 is 2.65 bits per heavy atom. The van der Waals surface area contributed by atoms with Gasteiger partial charge in [0.25, 0.3) is 0 Å². The number of alkyl halides is 3. The van der Waals surface area contributed by atoms with Gasteiger partial charge in [-0.2, -0.15) is 18.3 Å². The van der Waals surface area contributed by atoms with Crippen molar-refractivity contribution >= 4 is 22.6 Å². The SMILES string of the molecule is NC(=O)C1C=CC=C(C(F)(F)F)N1c1cc2cn(C3CCC(O)(CO)CC3)nc2cn1. The lowest BCUT2D eigenvalue weighted by atomic mass is 9.83. The van der Waals surface area contributed by atoms with E-state index < -0.39 is 29.4 Å². The summed E-state index contributed by atoms with van der Waals surface area (Å²) in [4.78, 5) is 16.7. The number of rotatable bonds is 4. The van der Waals surface area contributed by atoms with E-state index in [0.29, 0.717) is 36.6 Å². The quantitative estimate of drug-likeness (QED) is 0.673. The molecule has 166 valence electrons. The van der Waals surface area contributed by atoms with Crippen molar-refractivity contribution in [2.75, 3.05) is 11.5 Å². The van der Waals surface area contributed by atoms with Crippen LogP contribution >= 0.6 is 0 Å². The third kappa shape index (κ3) is 4.02. The van der Waals surface area contributed by atoms with Gasteiger partial charge in [-0.05, 0) is 37.8 Å². The number of halogens is 3. The Hall–Kier alpha value is -2.92. The molecule has 1 aliphatic carbocycles. The Balaban J connectivity index is 1.66. The number of pyridine rings is 1. The average Bonchev–Trinajstić information content (AvgIpc) is 3.16. The highest BCUT2D eigenvalue weighted by atomic mass is 19.4.